The monoisotopic (exact) mass is 219 g/mol. The van der Waals surface area contributed by atoms with Crippen LogP contribution < -0.4 is 10.6 Å². The molecule has 0 amide bonds. The zero-order chi connectivity index (χ0) is 11.1. The predicted molar refractivity (Wildman–Crippen MR) is 63.3 cm³/mol. The van der Waals surface area contributed by atoms with Crippen molar-refractivity contribution in [1.29, 1.82) is 0 Å². The second-order valence-corrected chi connectivity index (χ2v) is 4.78. The first-order valence-corrected chi connectivity index (χ1v) is 5.78. The van der Waals surface area contributed by atoms with Crippen LogP contribution in [0.5, 0.6) is 0 Å². The Hall–Kier alpha value is -1.29. The first-order valence-electron chi connectivity index (χ1n) is 5.78. The molecule has 2 aliphatic heterocycles. The summed E-state index contributed by atoms with van der Waals surface area (Å²) in [5.41, 5.74) is 6.72. The zero-order valence-corrected chi connectivity index (χ0v) is 9.47. The van der Waals surface area contributed by atoms with Crippen molar-refractivity contribution in [1.82, 2.24) is 4.98 Å². The topological polar surface area (TPSA) is 51.4 Å². The zero-order valence-electron chi connectivity index (χ0n) is 9.47. The highest BCUT2D eigenvalue weighted by molar-refractivity contribution is 5.62. The third kappa shape index (κ3) is 1.37. The van der Waals surface area contributed by atoms with Crippen molar-refractivity contribution < 1.29 is 4.74 Å². The SMILES string of the molecule is COC1C2CC1CN(c1ncccc1N)C2. The molecule has 3 fully saturated rings. The number of nitrogen functional groups attached to an aromatic ring is 1. The molecule has 1 saturated carbocycles. The fourth-order valence-electron chi connectivity index (χ4n) is 3.08. The molecule has 0 aromatic carbocycles. The number of nitrogens with zero attached hydrogens (tertiary/aromatic N) is 2. The van der Waals surface area contributed by atoms with Gasteiger partial charge in [-0.2, -0.15) is 0 Å². The van der Waals surface area contributed by atoms with E-state index in [1.807, 2.05) is 19.2 Å². The maximum Gasteiger partial charge on any atom is 0.151 e. The van der Waals surface area contributed by atoms with Gasteiger partial charge in [0, 0.05) is 38.2 Å². The second kappa shape index (κ2) is 3.63. The van der Waals surface area contributed by atoms with Crippen molar-refractivity contribution in [3.63, 3.8) is 0 Å². The molecule has 86 valence electrons. The van der Waals surface area contributed by atoms with Crippen LogP contribution >= 0.6 is 0 Å². The summed E-state index contributed by atoms with van der Waals surface area (Å²) < 4.78 is 5.49. The summed E-state index contributed by atoms with van der Waals surface area (Å²) in [4.78, 5) is 6.66. The van der Waals surface area contributed by atoms with E-state index in [0.29, 0.717) is 17.9 Å². The minimum absolute atomic E-state index is 0.459. The van der Waals surface area contributed by atoms with E-state index in [4.69, 9.17) is 10.5 Å². The summed E-state index contributed by atoms with van der Waals surface area (Å²) in [6.45, 7) is 2.05. The van der Waals surface area contributed by atoms with Crippen LogP contribution in [0.2, 0.25) is 0 Å². The Labute approximate surface area is 95.4 Å². The van der Waals surface area contributed by atoms with E-state index >= 15 is 0 Å². The van der Waals surface area contributed by atoms with Gasteiger partial charge in [-0.25, -0.2) is 4.98 Å². The van der Waals surface area contributed by atoms with Crippen molar-refractivity contribution in [2.75, 3.05) is 30.8 Å². The Bertz CT molecular complexity index is 384. The van der Waals surface area contributed by atoms with Gasteiger partial charge in [-0.15, -0.1) is 0 Å². The van der Waals surface area contributed by atoms with Crippen LogP contribution in [0.4, 0.5) is 11.5 Å². The van der Waals surface area contributed by atoms with E-state index in [9.17, 15) is 0 Å². The number of hydrogen-bond acceptors (Lipinski definition) is 4. The lowest BCUT2D eigenvalue weighted by Crippen LogP contribution is -2.59. The lowest BCUT2D eigenvalue weighted by Gasteiger charge is -2.53. The third-order valence-electron chi connectivity index (χ3n) is 3.83. The van der Waals surface area contributed by atoms with Crippen molar-refractivity contribution in [3.05, 3.63) is 18.3 Å². The quantitative estimate of drug-likeness (QED) is 0.810. The Morgan fingerprint density at radius 1 is 1.44 bits per heavy atom. The number of rotatable bonds is 2. The molecule has 4 nitrogen and oxygen atoms in total. The Morgan fingerprint density at radius 2 is 2.19 bits per heavy atom. The molecule has 1 aromatic rings. The van der Waals surface area contributed by atoms with Crippen LogP contribution in [0.3, 0.4) is 0 Å². The number of nitrogens with two attached hydrogens (primary N) is 1. The first-order chi connectivity index (χ1) is 7.79. The summed E-state index contributed by atoms with van der Waals surface area (Å²) >= 11 is 0. The molecule has 0 spiro atoms. The van der Waals surface area contributed by atoms with E-state index in [-0.39, 0.29) is 0 Å². The van der Waals surface area contributed by atoms with Gasteiger partial charge in [0.15, 0.2) is 5.82 Å². The van der Waals surface area contributed by atoms with Crippen LogP contribution in [-0.4, -0.2) is 31.3 Å². The van der Waals surface area contributed by atoms with Gasteiger partial charge in [0.05, 0.1) is 11.8 Å². The number of ether oxygens (including phenoxy) is 1. The minimum Gasteiger partial charge on any atom is -0.396 e. The Balaban J connectivity index is 1.78. The van der Waals surface area contributed by atoms with Gasteiger partial charge >= 0.3 is 0 Å². The molecule has 4 heteroatoms. The summed E-state index contributed by atoms with van der Waals surface area (Å²) in [5, 5.41) is 0. The number of pyridine rings is 1. The van der Waals surface area contributed by atoms with E-state index in [0.717, 1.165) is 24.6 Å². The van der Waals surface area contributed by atoms with E-state index in [2.05, 4.69) is 9.88 Å². The van der Waals surface area contributed by atoms with Gasteiger partial charge in [-0.1, -0.05) is 0 Å². The molecule has 2 saturated heterocycles. The number of piperidine rings is 2. The molecule has 1 aromatic heterocycles. The first kappa shape index (κ1) is 9.90. The average Bonchev–Trinajstić information content (AvgIpc) is 2.30. The van der Waals surface area contributed by atoms with Gasteiger partial charge in [0.2, 0.25) is 0 Å². The maximum atomic E-state index is 5.94. The van der Waals surface area contributed by atoms with Crippen LogP contribution in [0, 0.1) is 11.8 Å². The van der Waals surface area contributed by atoms with Gasteiger partial charge in [-0.3, -0.25) is 0 Å². The Kier molecular flexibility index (Phi) is 2.24. The van der Waals surface area contributed by atoms with Gasteiger partial charge in [0.25, 0.3) is 0 Å². The van der Waals surface area contributed by atoms with Gasteiger partial charge in [-0.05, 0) is 18.6 Å². The smallest absolute Gasteiger partial charge is 0.151 e. The molecule has 3 aliphatic rings. The molecular formula is C12H17N3O. The molecule has 0 radical (unpaired) electrons. The lowest BCUT2D eigenvalue weighted by atomic mass is 9.68. The third-order valence-corrected chi connectivity index (χ3v) is 3.83. The fourth-order valence-corrected chi connectivity index (χ4v) is 3.08. The molecule has 1 aliphatic carbocycles. The highest BCUT2D eigenvalue weighted by Crippen LogP contribution is 2.43. The molecule has 2 atom stereocenters. The van der Waals surface area contributed by atoms with Gasteiger partial charge in [0.1, 0.15) is 0 Å². The minimum atomic E-state index is 0.459. The van der Waals surface area contributed by atoms with Crippen LogP contribution in [0.25, 0.3) is 0 Å². The molecule has 2 bridgehead atoms. The fraction of sp³-hybridized carbons (Fsp3) is 0.583. The number of hydrogen-bond donors (Lipinski definition) is 1. The summed E-state index contributed by atoms with van der Waals surface area (Å²) in [7, 11) is 1.81. The summed E-state index contributed by atoms with van der Waals surface area (Å²) in [6, 6.07) is 3.79. The van der Waals surface area contributed by atoms with Crippen molar-refractivity contribution in [2.24, 2.45) is 11.8 Å². The van der Waals surface area contributed by atoms with E-state index in [1.54, 1.807) is 6.20 Å². The molecule has 3 heterocycles. The molecule has 16 heavy (non-hydrogen) atoms. The summed E-state index contributed by atoms with van der Waals surface area (Å²) in [5.74, 6) is 2.25. The Morgan fingerprint density at radius 3 is 2.81 bits per heavy atom. The number of methoxy groups -OCH3 is 1. The van der Waals surface area contributed by atoms with Gasteiger partial charge < -0.3 is 15.4 Å². The maximum absolute atomic E-state index is 5.94. The van der Waals surface area contributed by atoms with Crippen LogP contribution in [-0.2, 0) is 4.74 Å². The average molecular weight is 219 g/mol. The molecule has 2 N–H and O–H groups in total. The van der Waals surface area contributed by atoms with Crippen LogP contribution in [0.1, 0.15) is 6.42 Å². The number of fused-ring (bicyclic) bond motifs is 2. The number of anilines is 2. The standard InChI is InChI=1S/C12H17N3O/c1-16-11-8-5-9(11)7-15(6-8)12-10(13)3-2-4-14-12/h2-4,8-9,11H,5-7,13H2,1H3. The van der Waals surface area contributed by atoms with Crippen molar-refractivity contribution >= 4 is 11.5 Å². The summed E-state index contributed by atoms with van der Waals surface area (Å²) in [6.07, 6.45) is 3.56. The molecule has 2 unspecified atom stereocenters. The second-order valence-electron chi connectivity index (χ2n) is 4.78. The van der Waals surface area contributed by atoms with Crippen molar-refractivity contribution in [3.8, 4) is 0 Å². The molecule has 4 rings (SSSR count). The van der Waals surface area contributed by atoms with Crippen molar-refractivity contribution in [2.45, 2.75) is 12.5 Å². The normalized spacial score (nSPS) is 32.3. The lowest BCUT2D eigenvalue weighted by molar-refractivity contribution is -0.0816. The van der Waals surface area contributed by atoms with Crippen LogP contribution in [0.15, 0.2) is 18.3 Å². The predicted octanol–water partition coefficient (Wildman–Crippen LogP) is 1.13. The highest BCUT2D eigenvalue weighted by atomic mass is 16.5. The van der Waals surface area contributed by atoms with E-state index < -0.39 is 0 Å². The largest absolute Gasteiger partial charge is 0.396 e. The molecular weight excluding hydrogens is 202 g/mol. The van der Waals surface area contributed by atoms with E-state index in [1.165, 1.54) is 6.42 Å². The highest BCUT2D eigenvalue weighted by Gasteiger charge is 2.47. The number of aromatic nitrogens is 1.